The minimum absolute atomic E-state index is 0.322. The molecule has 0 fully saturated rings. The molecule has 0 aliphatic heterocycles. The van der Waals surface area contributed by atoms with Gasteiger partial charge in [-0.15, -0.1) is 0 Å². The third-order valence-electron chi connectivity index (χ3n) is 2.97. The topological polar surface area (TPSA) is 63.2 Å². The Hall–Kier alpha value is -2.06. The zero-order valence-corrected chi connectivity index (χ0v) is 12.6. The van der Waals surface area contributed by atoms with Gasteiger partial charge >= 0.3 is 0 Å². The summed E-state index contributed by atoms with van der Waals surface area (Å²) in [6.07, 6.45) is 1.40. The molecule has 102 valence electrons. The summed E-state index contributed by atoms with van der Waals surface area (Å²) >= 11 is 3.16. The largest absolute Gasteiger partial charge is 0.496 e. The van der Waals surface area contributed by atoms with Gasteiger partial charge in [0.1, 0.15) is 11.7 Å². The van der Waals surface area contributed by atoms with E-state index >= 15 is 0 Å². The molecule has 5 heteroatoms. The van der Waals surface area contributed by atoms with Crippen LogP contribution in [0.15, 0.2) is 39.6 Å². The number of nitrogens with zero attached hydrogens (tertiary/aromatic N) is 1. The molecule has 1 heterocycles. The van der Waals surface area contributed by atoms with Crippen LogP contribution in [0.1, 0.15) is 27.4 Å². The van der Waals surface area contributed by atoms with Crippen molar-refractivity contribution in [2.45, 2.75) is 12.8 Å². The Labute approximate surface area is 125 Å². The molecule has 0 spiro atoms. The number of hydrogen-bond acceptors (Lipinski definition) is 4. The summed E-state index contributed by atoms with van der Waals surface area (Å²) in [6, 6.07) is 9.00. The quantitative estimate of drug-likeness (QED) is 0.797. The van der Waals surface area contributed by atoms with Gasteiger partial charge in [0.2, 0.25) is 0 Å². The Bertz CT molecular complexity index is 685. The number of carbonyl (C=O) groups excluding carboxylic acids is 1. The highest BCUT2D eigenvalue weighted by atomic mass is 79.9. The third kappa shape index (κ3) is 2.61. The number of nitriles is 1. The lowest BCUT2D eigenvalue weighted by Crippen LogP contribution is -2.12. The minimum atomic E-state index is -0.932. The standard InChI is InChI=1S/C15H12BrNO3/c1-9-3-4-13(19-2)11(7-9)12(8-17)14(18)10-5-6-20-15(10)16/h3-7,12H,1-2H3. The molecule has 0 aliphatic carbocycles. The molecule has 0 aliphatic rings. The zero-order chi connectivity index (χ0) is 14.7. The van der Waals surface area contributed by atoms with Crippen molar-refractivity contribution in [1.29, 1.82) is 5.26 Å². The number of rotatable bonds is 4. The van der Waals surface area contributed by atoms with Crippen LogP contribution >= 0.6 is 15.9 Å². The van der Waals surface area contributed by atoms with Gasteiger partial charge in [-0.05, 0) is 35.0 Å². The predicted octanol–water partition coefficient (Wildman–Crippen LogP) is 3.85. The Balaban J connectivity index is 2.49. The molecule has 1 unspecified atom stereocenters. The highest BCUT2D eigenvalue weighted by molar-refractivity contribution is 9.10. The first kappa shape index (κ1) is 14.4. The van der Waals surface area contributed by atoms with E-state index in [4.69, 9.17) is 9.15 Å². The first-order chi connectivity index (χ1) is 9.58. The number of ketones is 1. The number of ether oxygens (including phenoxy) is 1. The van der Waals surface area contributed by atoms with Crippen molar-refractivity contribution in [3.05, 3.63) is 51.9 Å². The van der Waals surface area contributed by atoms with E-state index < -0.39 is 5.92 Å². The summed E-state index contributed by atoms with van der Waals surface area (Å²) in [5, 5.41) is 9.38. The van der Waals surface area contributed by atoms with Gasteiger partial charge in [0, 0.05) is 5.56 Å². The molecule has 0 radical (unpaired) electrons. The average molecular weight is 334 g/mol. The number of furan rings is 1. The van der Waals surface area contributed by atoms with Crippen molar-refractivity contribution in [3.8, 4) is 11.8 Å². The van der Waals surface area contributed by atoms with Gasteiger partial charge in [-0.2, -0.15) is 5.26 Å². The number of halogens is 1. The van der Waals surface area contributed by atoms with Crippen LogP contribution in [0, 0.1) is 18.3 Å². The minimum Gasteiger partial charge on any atom is -0.496 e. The summed E-state index contributed by atoms with van der Waals surface area (Å²) in [6.45, 7) is 1.90. The van der Waals surface area contributed by atoms with Crippen molar-refractivity contribution in [1.82, 2.24) is 0 Å². The number of carbonyl (C=O) groups is 1. The smallest absolute Gasteiger partial charge is 0.189 e. The highest BCUT2D eigenvalue weighted by Gasteiger charge is 2.27. The normalized spacial score (nSPS) is 11.7. The van der Waals surface area contributed by atoms with Gasteiger partial charge in [-0.25, -0.2) is 0 Å². The molecule has 0 amide bonds. The molecule has 1 aromatic carbocycles. The molecule has 0 saturated heterocycles. The first-order valence-electron chi connectivity index (χ1n) is 5.89. The maximum atomic E-state index is 12.5. The van der Waals surface area contributed by atoms with Gasteiger partial charge in [0.05, 0.1) is 25.0 Å². The van der Waals surface area contributed by atoms with Crippen LogP contribution < -0.4 is 4.74 Å². The lowest BCUT2D eigenvalue weighted by Gasteiger charge is -2.13. The molecule has 1 atom stereocenters. The fraction of sp³-hybridized carbons (Fsp3) is 0.200. The highest BCUT2D eigenvalue weighted by Crippen LogP contribution is 2.32. The number of methoxy groups -OCH3 is 1. The van der Waals surface area contributed by atoms with Gasteiger partial charge in [-0.1, -0.05) is 17.7 Å². The van der Waals surface area contributed by atoms with Crippen LogP contribution in [0.5, 0.6) is 5.75 Å². The maximum absolute atomic E-state index is 12.5. The SMILES string of the molecule is COc1ccc(C)cc1C(C#N)C(=O)c1ccoc1Br. The van der Waals surface area contributed by atoms with Gasteiger partial charge < -0.3 is 9.15 Å². The number of hydrogen-bond donors (Lipinski definition) is 0. The van der Waals surface area contributed by atoms with Crippen LogP contribution in [0.4, 0.5) is 0 Å². The molecular formula is C15H12BrNO3. The van der Waals surface area contributed by atoms with E-state index in [1.807, 2.05) is 19.1 Å². The fourth-order valence-electron chi connectivity index (χ4n) is 1.97. The summed E-state index contributed by atoms with van der Waals surface area (Å²) in [5.41, 5.74) is 1.87. The van der Waals surface area contributed by atoms with E-state index in [0.717, 1.165) is 5.56 Å². The van der Waals surface area contributed by atoms with Gasteiger partial charge in [0.25, 0.3) is 0 Å². The van der Waals surface area contributed by atoms with E-state index in [1.165, 1.54) is 13.4 Å². The fourth-order valence-corrected chi connectivity index (χ4v) is 2.41. The Kier molecular flexibility index (Phi) is 4.26. The number of aryl methyl sites for hydroxylation is 1. The molecular weight excluding hydrogens is 322 g/mol. The van der Waals surface area contributed by atoms with E-state index in [-0.39, 0.29) is 5.78 Å². The van der Waals surface area contributed by atoms with Crippen LogP contribution in [0.25, 0.3) is 0 Å². The van der Waals surface area contributed by atoms with Crippen LogP contribution in [-0.4, -0.2) is 12.9 Å². The third-order valence-corrected chi connectivity index (χ3v) is 3.59. The Morgan fingerprint density at radius 3 is 2.75 bits per heavy atom. The average Bonchev–Trinajstić information content (AvgIpc) is 2.86. The molecule has 0 bridgehead atoms. The molecule has 1 aromatic heterocycles. The lowest BCUT2D eigenvalue weighted by molar-refractivity contribution is 0.0976. The number of benzene rings is 1. The van der Waals surface area contributed by atoms with Crippen molar-refractivity contribution in [2.24, 2.45) is 0 Å². The van der Waals surface area contributed by atoms with Crippen LogP contribution in [0.2, 0.25) is 0 Å². The van der Waals surface area contributed by atoms with Crippen molar-refractivity contribution < 1.29 is 13.9 Å². The molecule has 20 heavy (non-hydrogen) atoms. The first-order valence-corrected chi connectivity index (χ1v) is 6.69. The van der Waals surface area contributed by atoms with Gasteiger partial charge in [-0.3, -0.25) is 4.79 Å². The second-order valence-corrected chi connectivity index (χ2v) is 5.00. The predicted molar refractivity (Wildman–Crippen MR) is 76.8 cm³/mol. The van der Waals surface area contributed by atoms with Gasteiger partial charge in [0.15, 0.2) is 10.5 Å². The zero-order valence-electron chi connectivity index (χ0n) is 11.0. The summed E-state index contributed by atoms with van der Waals surface area (Å²) in [7, 11) is 1.51. The summed E-state index contributed by atoms with van der Waals surface area (Å²) in [5.74, 6) is -0.731. The second-order valence-electron chi connectivity index (χ2n) is 4.28. The van der Waals surface area contributed by atoms with Crippen LogP contribution in [-0.2, 0) is 0 Å². The molecule has 2 aromatic rings. The molecule has 0 N–H and O–H groups in total. The van der Waals surface area contributed by atoms with E-state index in [2.05, 4.69) is 15.9 Å². The van der Waals surface area contributed by atoms with Crippen molar-refractivity contribution in [3.63, 3.8) is 0 Å². The Morgan fingerprint density at radius 1 is 1.45 bits per heavy atom. The van der Waals surface area contributed by atoms with Crippen molar-refractivity contribution in [2.75, 3.05) is 7.11 Å². The Morgan fingerprint density at radius 2 is 2.20 bits per heavy atom. The maximum Gasteiger partial charge on any atom is 0.189 e. The summed E-state index contributed by atoms with van der Waals surface area (Å²) < 4.78 is 10.6. The lowest BCUT2D eigenvalue weighted by atomic mass is 9.91. The monoisotopic (exact) mass is 333 g/mol. The molecule has 4 nitrogen and oxygen atoms in total. The van der Waals surface area contributed by atoms with Crippen molar-refractivity contribution >= 4 is 21.7 Å². The van der Waals surface area contributed by atoms with E-state index in [9.17, 15) is 10.1 Å². The molecule has 0 saturated carbocycles. The summed E-state index contributed by atoms with van der Waals surface area (Å²) in [4.78, 5) is 12.5. The van der Waals surface area contributed by atoms with E-state index in [0.29, 0.717) is 21.5 Å². The van der Waals surface area contributed by atoms with E-state index in [1.54, 1.807) is 18.2 Å². The second kappa shape index (κ2) is 5.93. The van der Waals surface area contributed by atoms with Crippen LogP contribution in [0.3, 0.4) is 0 Å². The number of Topliss-reactive ketones (excluding diaryl/α,β-unsaturated/α-hetero) is 1. The molecule has 2 rings (SSSR count).